The highest BCUT2D eigenvalue weighted by atomic mass is 16.7. The van der Waals surface area contributed by atoms with Crippen molar-refractivity contribution in [3.8, 4) is 0 Å². The van der Waals surface area contributed by atoms with E-state index in [1.807, 2.05) is 0 Å². The quantitative estimate of drug-likeness (QED) is 0.788. The van der Waals surface area contributed by atoms with E-state index in [9.17, 15) is 14.4 Å². The maximum Gasteiger partial charge on any atom is 0.336 e. The first-order chi connectivity index (χ1) is 10.5. The predicted molar refractivity (Wildman–Crippen MR) is 78.7 cm³/mol. The molecular weight excluding hydrogens is 282 g/mol. The van der Waals surface area contributed by atoms with Crippen molar-refractivity contribution < 1.29 is 19.2 Å². The van der Waals surface area contributed by atoms with Crippen molar-refractivity contribution in [2.75, 3.05) is 0 Å². The monoisotopic (exact) mass is 301 g/mol. The molecule has 22 heavy (non-hydrogen) atoms. The zero-order valence-corrected chi connectivity index (χ0v) is 12.7. The van der Waals surface area contributed by atoms with Gasteiger partial charge in [0, 0.05) is 0 Å². The number of fused-ring (bicyclic) bond motifs is 1. The number of benzene rings is 1. The number of nitrogens with zero attached hydrogens (tertiary/aromatic N) is 1. The largest absolute Gasteiger partial charge is 0.336 e. The molecule has 3 rings (SSSR count). The van der Waals surface area contributed by atoms with Crippen molar-refractivity contribution in [3.63, 3.8) is 0 Å². The highest BCUT2D eigenvalue weighted by Crippen LogP contribution is 2.34. The Morgan fingerprint density at radius 1 is 1.00 bits per heavy atom. The smallest absolute Gasteiger partial charge is 0.329 e. The molecule has 1 heterocycles. The lowest BCUT2D eigenvalue weighted by Gasteiger charge is -2.30. The number of amides is 2. The third kappa shape index (κ3) is 2.51. The van der Waals surface area contributed by atoms with Crippen LogP contribution < -0.4 is 0 Å². The van der Waals surface area contributed by atoms with Crippen molar-refractivity contribution in [2.24, 2.45) is 17.8 Å². The first-order valence-electron chi connectivity index (χ1n) is 7.67. The van der Waals surface area contributed by atoms with E-state index in [1.165, 1.54) is 0 Å². The molecule has 0 spiro atoms. The van der Waals surface area contributed by atoms with Gasteiger partial charge in [-0.3, -0.25) is 9.59 Å². The van der Waals surface area contributed by atoms with Crippen LogP contribution >= 0.6 is 0 Å². The van der Waals surface area contributed by atoms with E-state index >= 15 is 0 Å². The van der Waals surface area contributed by atoms with Gasteiger partial charge in [-0.25, -0.2) is 4.79 Å². The van der Waals surface area contributed by atoms with E-state index in [4.69, 9.17) is 4.84 Å². The van der Waals surface area contributed by atoms with Gasteiger partial charge < -0.3 is 4.84 Å². The summed E-state index contributed by atoms with van der Waals surface area (Å²) >= 11 is 0. The Kier molecular flexibility index (Phi) is 3.72. The molecular formula is C17H19NO4. The number of carbonyl (C=O) groups is 3. The van der Waals surface area contributed by atoms with Gasteiger partial charge in [-0.2, -0.15) is 0 Å². The summed E-state index contributed by atoms with van der Waals surface area (Å²) in [6.07, 6.45) is 2.58. The van der Waals surface area contributed by atoms with Crippen LogP contribution in [0.2, 0.25) is 0 Å². The summed E-state index contributed by atoms with van der Waals surface area (Å²) in [5.74, 6) is -0.959. The molecule has 5 nitrogen and oxygen atoms in total. The highest BCUT2D eigenvalue weighted by molar-refractivity contribution is 6.20. The molecule has 0 bridgehead atoms. The zero-order valence-electron chi connectivity index (χ0n) is 12.7. The van der Waals surface area contributed by atoms with E-state index in [0.29, 0.717) is 16.9 Å². The van der Waals surface area contributed by atoms with Crippen molar-refractivity contribution in [1.29, 1.82) is 0 Å². The Labute approximate surface area is 129 Å². The van der Waals surface area contributed by atoms with Gasteiger partial charge in [0.1, 0.15) is 0 Å². The SMILES string of the molecule is CC1CC(C)CC(C(=O)ON2C(=O)c3ccccc3C2=O)C1. The molecule has 2 aliphatic rings. The second kappa shape index (κ2) is 5.55. The lowest BCUT2D eigenvalue weighted by molar-refractivity contribution is -0.176. The molecule has 1 aliphatic carbocycles. The fourth-order valence-corrected chi connectivity index (χ4v) is 3.55. The first-order valence-corrected chi connectivity index (χ1v) is 7.67. The number of rotatable bonds is 2. The van der Waals surface area contributed by atoms with Crippen LogP contribution in [0.1, 0.15) is 53.8 Å². The predicted octanol–water partition coefficient (Wildman–Crippen LogP) is 2.81. The van der Waals surface area contributed by atoms with Crippen LogP contribution in [0.5, 0.6) is 0 Å². The molecule has 0 saturated heterocycles. The summed E-state index contributed by atoms with van der Waals surface area (Å²) in [6, 6.07) is 6.49. The van der Waals surface area contributed by atoms with Crippen LogP contribution in [0.25, 0.3) is 0 Å². The van der Waals surface area contributed by atoms with Gasteiger partial charge in [0.15, 0.2) is 0 Å². The van der Waals surface area contributed by atoms with Gasteiger partial charge in [-0.05, 0) is 43.2 Å². The fraction of sp³-hybridized carbons (Fsp3) is 0.471. The molecule has 1 saturated carbocycles. The molecule has 116 valence electrons. The Balaban J connectivity index is 1.73. The lowest BCUT2D eigenvalue weighted by atomic mass is 9.77. The summed E-state index contributed by atoms with van der Waals surface area (Å²) in [7, 11) is 0. The molecule has 2 atom stereocenters. The maximum absolute atomic E-state index is 12.3. The lowest BCUT2D eigenvalue weighted by Crippen LogP contribution is -2.37. The molecule has 1 aliphatic heterocycles. The van der Waals surface area contributed by atoms with Gasteiger partial charge in [0.25, 0.3) is 11.8 Å². The zero-order chi connectivity index (χ0) is 15.9. The van der Waals surface area contributed by atoms with Crippen molar-refractivity contribution in [2.45, 2.75) is 33.1 Å². The number of hydroxylamine groups is 2. The molecule has 2 amide bonds. The van der Waals surface area contributed by atoms with Crippen molar-refractivity contribution in [3.05, 3.63) is 35.4 Å². The van der Waals surface area contributed by atoms with Crippen LogP contribution in [0.15, 0.2) is 24.3 Å². The van der Waals surface area contributed by atoms with Gasteiger partial charge in [0.05, 0.1) is 17.0 Å². The summed E-state index contributed by atoms with van der Waals surface area (Å²) < 4.78 is 0. The Bertz CT molecular complexity index is 594. The standard InChI is InChI=1S/C17H19NO4/c1-10-7-11(2)9-12(8-10)17(21)22-18-15(19)13-5-3-4-6-14(13)16(18)20/h3-6,10-12H,7-9H2,1-2H3. The van der Waals surface area contributed by atoms with Gasteiger partial charge in [0.2, 0.25) is 0 Å². The minimum Gasteiger partial charge on any atom is -0.329 e. The number of carbonyl (C=O) groups excluding carboxylic acids is 3. The molecule has 0 aromatic heterocycles. The average Bonchev–Trinajstić information content (AvgIpc) is 2.72. The van der Waals surface area contributed by atoms with Crippen LogP contribution in [-0.2, 0) is 9.63 Å². The van der Waals surface area contributed by atoms with E-state index in [-0.39, 0.29) is 17.0 Å². The Hall–Kier alpha value is -2.17. The highest BCUT2D eigenvalue weighted by Gasteiger charge is 2.40. The molecule has 0 N–H and O–H groups in total. The second-order valence-electron chi connectivity index (χ2n) is 6.47. The van der Waals surface area contributed by atoms with E-state index < -0.39 is 17.8 Å². The Morgan fingerprint density at radius 2 is 1.50 bits per heavy atom. The average molecular weight is 301 g/mol. The minimum atomic E-state index is -0.564. The van der Waals surface area contributed by atoms with Crippen molar-refractivity contribution >= 4 is 17.8 Å². The number of hydrogen-bond acceptors (Lipinski definition) is 4. The fourth-order valence-electron chi connectivity index (χ4n) is 3.55. The van der Waals surface area contributed by atoms with E-state index in [2.05, 4.69) is 13.8 Å². The van der Waals surface area contributed by atoms with E-state index in [0.717, 1.165) is 19.3 Å². The number of imide groups is 1. The number of hydrogen-bond donors (Lipinski definition) is 0. The van der Waals surface area contributed by atoms with Crippen LogP contribution in [-0.4, -0.2) is 22.8 Å². The first kappa shape index (κ1) is 14.8. The third-order valence-corrected chi connectivity index (χ3v) is 4.45. The molecule has 1 aromatic carbocycles. The Morgan fingerprint density at radius 3 is 2.00 bits per heavy atom. The molecule has 2 unspecified atom stereocenters. The minimum absolute atomic E-state index is 0.247. The maximum atomic E-state index is 12.3. The van der Waals surface area contributed by atoms with Gasteiger partial charge in [-0.15, -0.1) is 0 Å². The molecule has 1 fully saturated rings. The van der Waals surface area contributed by atoms with Crippen LogP contribution in [0, 0.1) is 17.8 Å². The molecule has 0 radical (unpaired) electrons. The molecule has 5 heteroatoms. The normalized spacial score (nSPS) is 27.7. The van der Waals surface area contributed by atoms with Crippen LogP contribution in [0.3, 0.4) is 0 Å². The van der Waals surface area contributed by atoms with Gasteiger partial charge >= 0.3 is 5.97 Å². The van der Waals surface area contributed by atoms with Crippen molar-refractivity contribution in [1.82, 2.24) is 5.06 Å². The third-order valence-electron chi connectivity index (χ3n) is 4.45. The van der Waals surface area contributed by atoms with Gasteiger partial charge in [-0.1, -0.05) is 31.0 Å². The summed E-state index contributed by atoms with van der Waals surface area (Å²) in [5.41, 5.74) is 0.566. The summed E-state index contributed by atoms with van der Waals surface area (Å²) in [6.45, 7) is 4.22. The molecule has 1 aromatic rings. The van der Waals surface area contributed by atoms with E-state index in [1.54, 1.807) is 24.3 Å². The summed E-state index contributed by atoms with van der Waals surface area (Å²) in [5, 5.41) is 0.608. The van der Waals surface area contributed by atoms with Crippen LogP contribution in [0.4, 0.5) is 0 Å². The topological polar surface area (TPSA) is 63.7 Å². The second-order valence-corrected chi connectivity index (χ2v) is 6.47. The summed E-state index contributed by atoms with van der Waals surface area (Å²) in [4.78, 5) is 41.8.